The Kier molecular flexibility index (Phi) is 5.34. The van der Waals surface area contributed by atoms with Crippen LogP contribution in [0.15, 0.2) is 0 Å². The van der Waals surface area contributed by atoms with E-state index in [9.17, 15) is 4.79 Å². The van der Waals surface area contributed by atoms with E-state index in [0.717, 1.165) is 49.8 Å². The lowest BCUT2D eigenvalue weighted by Crippen LogP contribution is -2.53. The van der Waals surface area contributed by atoms with E-state index in [1.54, 1.807) is 11.3 Å². The predicted molar refractivity (Wildman–Crippen MR) is 91.6 cm³/mol. The van der Waals surface area contributed by atoms with Crippen molar-refractivity contribution in [3.63, 3.8) is 0 Å². The molecule has 1 aliphatic heterocycles. The summed E-state index contributed by atoms with van der Waals surface area (Å²) in [5.41, 5.74) is 1.10. The topological polar surface area (TPSA) is 54.5 Å². The number of aryl methyl sites for hydroxylation is 2. The molecule has 0 spiro atoms. The number of nitrogens with one attached hydrogen (secondary N) is 1. The van der Waals surface area contributed by atoms with Crippen LogP contribution in [-0.4, -0.2) is 47.6 Å². The molecule has 0 unspecified atom stereocenters. The van der Waals surface area contributed by atoms with Crippen LogP contribution >= 0.6 is 11.3 Å². The number of ether oxygens (including phenoxy) is 1. The van der Waals surface area contributed by atoms with Crippen molar-refractivity contribution in [2.75, 3.05) is 26.3 Å². The first-order chi connectivity index (χ1) is 11.1. The third kappa shape index (κ3) is 3.92. The van der Waals surface area contributed by atoms with Crippen molar-refractivity contribution in [3.05, 3.63) is 15.6 Å². The van der Waals surface area contributed by atoms with Gasteiger partial charge in [0.15, 0.2) is 0 Å². The van der Waals surface area contributed by atoms with Crippen molar-refractivity contribution in [2.45, 2.75) is 58.0 Å². The Morgan fingerprint density at radius 3 is 2.61 bits per heavy atom. The molecule has 3 rings (SSSR count). The van der Waals surface area contributed by atoms with Gasteiger partial charge in [-0.1, -0.05) is 12.8 Å². The molecular weight excluding hydrogens is 310 g/mol. The Bertz CT molecular complexity index is 546. The Morgan fingerprint density at radius 1 is 1.30 bits per heavy atom. The zero-order valence-electron chi connectivity index (χ0n) is 14.2. The Balaban J connectivity index is 1.59. The van der Waals surface area contributed by atoms with E-state index in [0.29, 0.717) is 13.0 Å². The van der Waals surface area contributed by atoms with Gasteiger partial charge in [-0.05, 0) is 26.7 Å². The molecule has 0 atom stereocenters. The smallest absolute Gasteiger partial charge is 0.222 e. The molecule has 2 heterocycles. The van der Waals surface area contributed by atoms with Crippen molar-refractivity contribution in [1.29, 1.82) is 0 Å². The molecule has 0 aromatic carbocycles. The number of hydrogen-bond acceptors (Lipinski definition) is 5. The van der Waals surface area contributed by atoms with Crippen LogP contribution in [-0.2, 0) is 16.1 Å². The van der Waals surface area contributed by atoms with Gasteiger partial charge in [0.05, 0.1) is 30.5 Å². The number of amides is 1. The van der Waals surface area contributed by atoms with Crippen molar-refractivity contribution >= 4 is 17.2 Å². The number of rotatable bonds is 5. The largest absolute Gasteiger partial charge is 0.379 e. The summed E-state index contributed by atoms with van der Waals surface area (Å²) in [6, 6.07) is 0. The van der Waals surface area contributed by atoms with E-state index < -0.39 is 0 Å². The van der Waals surface area contributed by atoms with E-state index in [1.807, 2.05) is 13.8 Å². The van der Waals surface area contributed by atoms with Crippen LogP contribution < -0.4 is 5.32 Å². The summed E-state index contributed by atoms with van der Waals surface area (Å²) < 4.78 is 5.48. The number of morpholine rings is 1. The third-order valence-corrected chi connectivity index (χ3v) is 6.22. The molecule has 1 aromatic heterocycles. The summed E-state index contributed by atoms with van der Waals surface area (Å²) in [5, 5.41) is 4.18. The van der Waals surface area contributed by atoms with Gasteiger partial charge in [-0.25, -0.2) is 4.98 Å². The molecule has 2 aliphatic rings. The molecule has 5 nitrogen and oxygen atoms in total. The minimum absolute atomic E-state index is 0.0620. The molecule has 1 aliphatic carbocycles. The summed E-state index contributed by atoms with van der Waals surface area (Å²) in [6.45, 7) is 8.13. The van der Waals surface area contributed by atoms with E-state index >= 15 is 0 Å². The molecule has 23 heavy (non-hydrogen) atoms. The summed E-state index contributed by atoms with van der Waals surface area (Å²) in [5.74, 6) is 0.170. The maximum Gasteiger partial charge on any atom is 0.222 e. The average Bonchev–Trinajstić information content (AvgIpc) is 3.13. The van der Waals surface area contributed by atoms with Crippen LogP contribution in [0.4, 0.5) is 0 Å². The lowest BCUT2D eigenvalue weighted by molar-refractivity contribution is -0.125. The molecule has 6 heteroatoms. The molecule has 1 aromatic rings. The quantitative estimate of drug-likeness (QED) is 0.896. The average molecular weight is 337 g/mol. The maximum atomic E-state index is 12.6. The Morgan fingerprint density at radius 2 is 2.00 bits per heavy atom. The first-order valence-electron chi connectivity index (χ1n) is 8.61. The molecule has 1 saturated heterocycles. The number of aromatic nitrogens is 1. The van der Waals surface area contributed by atoms with Crippen LogP contribution in [0.1, 0.15) is 47.7 Å². The molecule has 128 valence electrons. The fourth-order valence-corrected chi connectivity index (χ4v) is 4.83. The van der Waals surface area contributed by atoms with Crippen molar-refractivity contribution in [1.82, 2.24) is 15.2 Å². The molecule has 2 fully saturated rings. The zero-order chi connectivity index (χ0) is 16.3. The van der Waals surface area contributed by atoms with Crippen molar-refractivity contribution in [2.24, 2.45) is 0 Å². The minimum atomic E-state index is 0.0620. The van der Waals surface area contributed by atoms with Crippen LogP contribution in [0.5, 0.6) is 0 Å². The zero-order valence-corrected chi connectivity index (χ0v) is 15.0. The van der Waals surface area contributed by atoms with Crippen molar-refractivity contribution < 1.29 is 9.53 Å². The fourth-order valence-electron chi connectivity index (χ4n) is 3.95. The van der Waals surface area contributed by atoms with Gasteiger partial charge in [-0.2, -0.15) is 0 Å². The van der Waals surface area contributed by atoms with Gasteiger partial charge >= 0.3 is 0 Å². The van der Waals surface area contributed by atoms with Crippen LogP contribution in [0, 0.1) is 13.8 Å². The predicted octanol–water partition coefficient (Wildman–Crippen LogP) is 2.41. The Hall–Kier alpha value is -0.980. The molecule has 0 bridgehead atoms. The summed E-state index contributed by atoms with van der Waals surface area (Å²) in [4.78, 5) is 20.7. The number of carbonyl (C=O) groups excluding carboxylic acids is 1. The second-order valence-corrected chi connectivity index (χ2v) is 8.01. The molecule has 1 saturated carbocycles. The minimum Gasteiger partial charge on any atom is -0.379 e. The number of hydrogen-bond donors (Lipinski definition) is 1. The molecule has 0 radical (unpaired) electrons. The number of thiazole rings is 1. The van der Waals surface area contributed by atoms with Crippen LogP contribution in [0.3, 0.4) is 0 Å². The van der Waals surface area contributed by atoms with Gasteiger partial charge in [0, 0.05) is 29.9 Å². The summed E-state index contributed by atoms with van der Waals surface area (Å²) in [6.07, 6.45) is 5.36. The summed E-state index contributed by atoms with van der Waals surface area (Å²) >= 11 is 1.67. The maximum absolute atomic E-state index is 12.6. The van der Waals surface area contributed by atoms with Crippen LogP contribution in [0.25, 0.3) is 0 Å². The lowest BCUT2D eigenvalue weighted by Gasteiger charge is -2.43. The fraction of sp³-hybridized carbons (Fsp3) is 0.765. The van der Waals surface area contributed by atoms with Gasteiger partial charge in [-0.3, -0.25) is 9.69 Å². The van der Waals surface area contributed by atoms with E-state index in [-0.39, 0.29) is 11.4 Å². The highest BCUT2D eigenvalue weighted by Gasteiger charge is 2.41. The molecular formula is C17H27N3O2S. The monoisotopic (exact) mass is 337 g/mol. The van der Waals surface area contributed by atoms with Gasteiger partial charge < -0.3 is 10.1 Å². The van der Waals surface area contributed by atoms with Gasteiger partial charge in [0.25, 0.3) is 0 Å². The standard InChI is InChI=1S/C17H27N3O2S/c1-13-15(23-14(2)19-13)12-18-16(21)11-17(5-3-4-6-17)20-7-9-22-10-8-20/h3-12H2,1-2H3,(H,18,21). The third-order valence-electron chi connectivity index (χ3n) is 5.15. The highest BCUT2D eigenvalue weighted by Crippen LogP contribution is 2.38. The highest BCUT2D eigenvalue weighted by molar-refractivity contribution is 7.11. The van der Waals surface area contributed by atoms with E-state index in [2.05, 4.69) is 15.2 Å². The number of nitrogens with zero attached hydrogens (tertiary/aromatic N) is 2. The molecule has 1 amide bonds. The van der Waals surface area contributed by atoms with Crippen molar-refractivity contribution in [3.8, 4) is 0 Å². The van der Waals surface area contributed by atoms with Crippen LogP contribution in [0.2, 0.25) is 0 Å². The molecule has 1 N–H and O–H groups in total. The van der Waals surface area contributed by atoms with Gasteiger partial charge in [-0.15, -0.1) is 11.3 Å². The van der Waals surface area contributed by atoms with E-state index in [4.69, 9.17) is 4.74 Å². The second-order valence-electron chi connectivity index (χ2n) is 6.73. The highest BCUT2D eigenvalue weighted by atomic mass is 32.1. The SMILES string of the molecule is Cc1nc(C)c(CNC(=O)CC2(N3CCOCC3)CCCC2)s1. The van der Waals surface area contributed by atoms with Gasteiger partial charge in [0.2, 0.25) is 5.91 Å². The summed E-state index contributed by atoms with van der Waals surface area (Å²) in [7, 11) is 0. The van der Waals surface area contributed by atoms with E-state index in [1.165, 1.54) is 17.7 Å². The first-order valence-corrected chi connectivity index (χ1v) is 9.43. The van der Waals surface area contributed by atoms with Gasteiger partial charge in [0.1, 0.15) is 0 Å². The second kappa shape index (κ2) is 7.28. The lowest BCUT2D eigenvalue weighted by atomic mass is 9.90. The Labute approximate surface area is 142 Å². The number of carbonyl (C=O) groups is 1. The first kappa shape index (κ1) is 16.9. The normalized spacial score (nSPS) is 21.5.